The lowest BCUT2D eigenvalue weighted by atomic mass is 10.0. The molecule has 0 aromatic heterocycles. The van der Waals surface area contributed by atoms with Crippen LogP contribution in [0.3, 0.4) is 0 Å². The number of nitrogens with one attached hydrogen (secondary N) is 1. The van der Waals surface area contributed by atoms with E-state index in [1.807, 2.05) is 20.8 Å². The Hall–Kier alpha value is -1.58. The van der Waals surface area contributed by atoms with Gasteiger partial charge in [0.1, 0.15) is 0 Å². The number of hydrogen-bond donors (Lipinski definition) is 1. The number of carbonyl (C=O) groups excluding carboxylic acids is 1. The molecule has 0 heterocycles. The Kier molecular flexibility index (Phi) is 5.33. The first-order chi connectivity index (χ1) is 8.88. The van der Waals surface area contributed by atoms with E-state index in [1.54, 1.807) is 12.1 Å². The lowest BCUT2D eigenvalue weighted by Gasteiger charge is -2.24. The van der Waals surface area contributed by atoms with Gasteiger partial charge in [0.2, 0.25) is 5.91 Å². The summed E-state index contributed by atoms with van der Waals surface area (Å²) in [6.45, 7) is 6.00. The normalized spacial score (nSPS) is 11.2. The summed E-state index contributed by atoms with van der Waals surface area (Å²) in [5, 5.41) is 2.96. The fraction of sp³-hybridized carbons (Fsp3) is 0.533. The van der Waals surface area contributed by atoms with Crippen LogP contribution < -0.4 is 10.1 Å². The molecule has 0 fully saturated rings. The third kappa shape index (κ3) is 4.89. The van der Waals surface area contributed by atoms with Crippen LogP contribution in [0, 0.1) is 5.82 Å². The second-order valence-electron chi connectivity index (χ2n) is 5.25. The number of benzene rings is 1. The van der Waals surface area contributed by atoms with Crippen LogP contribution in [0.2, 0.25) is 0 Å². The predicted molar refractivity (Wildman–Crippen MR) is 73.8 cm³/mol. The van der Waals surface area contributed by atoms with E-state index in [1.165, 1.54) is 13.2 Å². The van der Waals surface area contributed by atoms with Crippen LogP contribution in [0.1, 0.15) is 39.2 Å². The predicted octanol–water partition coefficient (Wildman–Crippen LogP) is 3.07. The van der Waals surface area contributed by atoms with Crippen molar-refractivity contribution >= 4 is 5.91 Å². The maximum Gasteiger partial charge on any atom is 0.220 e. The molecule has 0 spiro atoms. The lowest BCUT2D eigenvalue weighted by Crippen LogP contribution is -2.42. The molecule has 0 unspecified atom stereocenters. The van der Waals surface area contributed by atoms with Crippen molar-refractivity contribution in [3.8, 4) is 5.75 Å². The second kappa shape index (κ2) is 6.55. The fourth-order valence-electron chi connectivity index (χ4n) is 1.65. The Balaban J connectivity index is 2.53. The van der Waals surface area contributed by atoms with Crippen molar-refractivity contribution < 1.29 is 13.9 Å². The van der Waals surface area contributed by atoms with E-state index in [-0.39, 0.29) is 17.2 Å². The Bertz CT molecular complexity index is 444. The van der Waals surface area contributed by atoms with Crippen molar-refractivity contribution in [3.05, 3.63) is 29.6 Å². The van der Waals surface area contributed by atoms with Gasteiger partial charge in [-0.05, 0) is 44.4 Å². The molecule has 0 bridgehead atoms. The van der Waals surface area contributed by atoms with Crippen molar-refractivity contribution in [1.29, 1.82) is 0 Å². The molecule has 19 heavy (non-hydrogen) atoms. The highest BCUT2D eigenvalue weighted by Crippen LogP contribution is 2.18. The van der Waals surface area contributed by atoms with Crippen LogP contribution in [0.4, 0.5) is 4.39 Å². The molecule has 1 aromatic carbocycles. The smallest absolute Gasteiger partial charge is 0.220 e. The third-order valence-electron chi connectivity index (χ3n) is 3.22. The van der Waals surface area contributed by atoms with Gasteiger partial charge in [0.25, 0.3) is 0 Å². The highest BCUT2D eigenvalue weighted by molar-refractivity contribution is 5.76. The van der Waals surface area contributed by atoms with Crippen LogP contribution in [-0.2, 0) is 11.2 Å². The summed E-state index contributed by atoms with van der Waals surface area (Å²) < 4.78 is 18.3. The molecule has 1 N–H and O–H groups in total. The molecule has 0 aliphatic rings. The van der Waals surface area contributed by atoms with Gasteiger partial charge in [-0.15, -0.1) is 0 Å². The Labute approximate surface area is 114 Å². The number of halogens is 1. The molecule has 1 amide bonds. The molecule has 4 heteroatoms. The summed E-state index contributed by atoms with van der Waals surface area (Å²) in [6.07, 6.45) is 1.75. The zero-order valence-electron chi connectivity index (χ0n) is 12.0. The van der Waals surface area contributed by atoms with Gasteiger partial charge in [0.15, 0.2) is 11.6 Å². The van der Waals surface area contributed by atoms with Gasteiger partial charge in [-0.25, -0.2) is 4.39 Å². The first-order valence-electron chi connectivity index (χ1n) is 6.51. The fourth-order valence-corrected chi connectivity index (χ4v) is 1.65. The standard InChI is InChI=1S/C15H22FNO2/c1-5-15(2,3)17-14(18)9-7-11-6-8-13(19-4)12(16)10-11/h6,8,10H,5,7,9H2,1-4H3,(H,17,18). The number of hydrogen-bond acceptors (Lipinski definition) is 2. The van der Waals surface area contributed by atoms with Crippen LogP contribution >= 0.6 is 0 Å². The number of ether oxygens (including phenoxy) is 1. The van der Waals surface area contributed by atoms with Crippen LogP contribution in [0.5, 0.6) is 5.75 Å². The zero-order chi connectivity index (χ0) is 14.5. The van der Waals surface area contributed by atoms with Gasteiger partial charge in [0, 0.05) is 12.0 Å². The minimum atomic E-state index is -0.394. The molecule has 1 rings (SSSR count). The van der Waals surface area contributed by atoms with Gasteiger partial charge < -0.3 is 10.1 Å². The Morgan fingerprint density at radius 3 is 2.63 bits per heavy atom. The van der Waals surface area contributed by atoms with Crippen LogP contribution in [0.15, 0.2) is 18.2 Å². The van der Waals surface area contributed by atoms with E-state index in [0.29, 0.717) is 12.8 Å². The first kappa shape index (κ1) is 15.5. The third-order valence-corrected chi connectivity index (χ3v) is 3.22. The summed E-state index contributed by atoms with van der Waals surface area (Å²) in [4.78, 5) is 11.8. The molecular formula is C15H22FNO2. The molecule has 3 nitrogen and oxygen atoms in total. The average Bonchev–Trinajstić information content (AvgIpc) is 2.36. The molecule has 0 atom stereocenters. The Morgan fingerprint density at radius 2 is 2.11 bits per heavy atom. The summed E-state index contributed by atoms with van der Waals surface area (Å²) >= 11 is 0. The summed E-state index contributed by atoms with van der Waals surface area (Å²) in [5.74, 6) is -0.183. The molecule has 1 aromatic rings. The number of carbonyl (C=O) groups is 1. The van der Waals surface area contributed by atoms with E-state index in [0.717, 1.165) is 12.0 Å². The van der Waals surface area contributed by atoms with E-state index in [2.05, 4.69) is 5.32 Å². The van der Waals surface area contributed by atoms with E-state index >= 15 is 0 Å². The van der Waals surface area contributed by atoms with Crippen molar-refractivity contribution in [1.82, 2.24) is 5.32 Å². The van der Waals surface area contributed by atoms with E-state index in [9.17, 15) is 9.18 Å². The van der Waals surface area contributed by atoms with Gasteiger partial charge in [-0.3, -0.25) is 4.79 Å². The molecule has 0 aliphatic heterocycles. The molecule has 0 saturated heterocycles. The molecule has 0 saturated carbocycles. The van der Waals surface area contributed by atoms with Crippen molar-refractivity contribution in [2.75, 3.05) is 7.11 Å². The largest absolute Gasteiger partial charge is 0.494 e. The van der Waals surface area contributed by atoms with Crippen molar-refractivity contribution in [3.63, 3.8) is 0 Å². The topological polar surface area (TPSA) is 38.3 Å². The quantitative estimate of drug-likeness (QED) is 0.860. The van der Waals surface area contributed by atoms with Gasteiger partial charge in [-0.2, -0.15) is 0 Å². The van der Waals surface area contributed by atoms with E-state index < -0.39 is 5.82 Å². The molecule has 106 valence electrons. The zero-order valence-corrected chi connectivity index (χ0v) is 12.0. The summed E-state index contributed by atoms with van der Waals surface area (Å²) in [7, 11) is 1.43. The average molecular weight is 267 g/mol. The van der Waals surface area contributed by atoms with Crippen molar-refractivity contribution in [2.45, 2.75) is 45.6 Å². The number of aryl methyl sites for hydroxylation is 1. The molecule has 0 radical (unpaired) electrons. The first-order valence-corrected chi connectivity index (χ1v) is 6.51. The molecule has 0 aliphatic carbocycles. The minimum absolute atomic E-state index is 0.0110. The minimum Gasteiger partial charge on any atom is -0.494 e. The maximum atomic E-state index is 13.5. The summed E-state index contributed by atoms with van der Waals surface area (Å²) in [5.41, 5.74) is 0.602. The SMILES string of the molecule is CCC(C)(C)NC(=O)CCc1ccc(OC)c(F)c1. The Morgan fingerprint density at radius 1 is 1.42 bits per heavy atom. The van der Waals surface area contributed by atoms with Gasteiger partial charge in [0.05, 0.1) is 7.11 Å². The number of amides is 1. The van der Waals surface area contributed by atoms with Crippen LogP contribution in [-0.4, -0.2) is 18.6 Å². The summed E-state index contributed by atoms with van der Waals surface area (Å²) in [6, 6.07) is 4.77. The highest BCUT2D eigenvalue weighted by Gasteiger charge is 2.17. The van der Waals surface area contributed by atoms with Gasteiger partial charge >= 0.3 is 0 Å². The monoisotopic (exact) mass is 267 g/mol. The number of rotatable bonds is 6. The second-order valence-corrected chi connectivity index (χ2v) is 5.25. The van der Waals surface area contributed by atoms with E-state index in [4.69, 9.17) is 4.74 Å². The molecular weight excluding hydrogens is 245 g/mol. The lowest BCUT2D eigenvalue weighted by molar-refractivity contribution is -0.122. The number of methoxy groups -OCH3 is 1. The van der Waals surface area contributed by atoms with Crippen molar-refractivity contribution in [2.24, 2.45) is 0 Å². The van der Waals surface area contributed by atoms with Crippen LogP contribution in [0.25, 0.3) is 0 Å². The highest BCUT2D eigenvalue weighted by atomic mass is 19.1. The van der Waals surface area contributed by atoms with Gasteiger partial charge in [-0.1, -0.05) is 13.0 Å². The maximum absolute atomic E-state index is 13.5.